The van der Waals surface area contributed by atoms with Crippen molar-refractivity contribution in [3.8, 4) is 17.2 Å². The second-order valence-corrected chi connectivity index (χ2v) is 14.5. The second kappa shape index (κ2) is 14.4. The van der Waals surface area contributed by atoms with E-state index in [4.69, 9.17) is 14.2 Å². The molecule has 3 rings (SSSR count). The molecule has 0 spiro atoms. The Morgan fingerprint density at radius 3 is 0.891 bits per heavy atom. The molecule has 0 aliphatic heterocycles. The molecular formula is C36H51N4O6-3. The van der Waals surface area contributed by atoms with Crippen molar-refractivity contribution in [3.05, 3.63) is 86.9 Å². The van der Waals surface area contributed by atoms with E-state index in [2.05, 4.69) is 4.90 Å². The quantitative estimate of drug-likeness (QED) is 0.181. The molecule has 0 heterocycles. The van der Waals surface area contributed by atoms with Crippen LogP contribution in [0.25, 0.3) is 0 Å². The molecule has 0 radical (unpaired) electrons. The lowest BCUT2D eigenvalue weighted by Gasteiger charge is -2.46. The van der Waals surface area contributed by atoms with Crippen molar-refractivity contribution in [2.24, 2.45) is 0 Å². The number of rotatable bonds is 12. The van der Waals surface area contributed by atoms with Crippen molar-refractivity contribution in [1.29, 1.82) is 0 Å². The third kappa shape index (κ3) is 8.97. The third-order valence-electron chi connectivity index (χ3n) is 7.53. The number of anilines is 3. The minimum Gasteiger partial charge on any atom is -0.758 e. The first-order valence-electron chi connectivity index (χ1n) is 15.4. The molecule has 0 unspecified atom stereocenters. The van der Waals surface area contributed by atoms with Crippen LogP contribution in [0.1, 0.15) is 79.0 Å². The number of nitrogens with zero attached hydrogens (tertiary/aromatic N) is 4. The van der Waals surface area contributed by atoms with Crippen LogP contribution in [0.15, 0.2) is 54.6 Å². The topological polar surface area (TPSA) is 110 Å². The van der Waals surface area contributed by atoms with Crippen LogP contribution in [0.5, 0.6) is 17.2 Å². The van der Waals surface area contributed by atoms with E-state index in [-0.39, 0.29) is 0 Å². The van der Waals surface area contributed by atoms with Crippen LogP contribution in [0, 0.1) is 15.6 Å². The molecule has 3 aromatic carbocycles. The maximum Gasteiger partial charge on any atom is 0.119 e. The molecule has 46 heavy (non-hydrogen) atoms. The maximum atomic E-state index is 13.6. The Labute approximate surface area is 275 Å². The molecule has 0 aromatic heterocycles. The minimum absolute atomic E-state index is 0.303. The summed E-state index contributed by atoms with van der Waals surface area (Å²) in [6, 6.07) is 16.2. The molecule has 0 amide bonds. The van der Waals surface area contributed by atoms with Gasteiger partial charge in [-0.2, -0.15) is 0 Å². The van der Waals surface area contributed by atoms with E-state index in [1.807, 2.05) is 80.5 Å². The number of ether oxygens (including phenoxy) is 3. The summed E-state index contributed by atoms with van der Waals surface area (Å²) in [6.45, 7) is 17.7. The smallest absolute Gasteiger partial charge is 0.119 e. The normalized spacial score (nSPS) is 12.3. The highest BCUT2D eigenvalue weighted by molar-refractivity contribution is 5.61. The number of methoxy groups -OCH3 is 3. The SMILES string of the molecule is COc1ccc(N([O-])C(C)(C)C)c(CN(Cc2cc(OC)ccc2N([O-])C(C)(C)C)Cc2cc(OC)ccc2N([O-])C(C)(C)C)c1. The second-order valence-electron chi connectivity index (χ2n) is 14.5. The van der Waals surface area contributed by atoms with Gasteiger partial charge in [0.05, 0.1) is 21.3 Å². The molecule has 0 saturated carbocycles. The number of benzene rings is 3. The van der Waals surface area contributed by atoms with Gasteiger partial charge in [-0.1, -0.05) is 0 Å². The molecule has 0 aliphatic rings. The molecule has 3 aromatic rings. The minimum atomic E-state index is -0.695. The van der Waals surface area contributed by atoms with Gasteiger partial charge in [0, 0.05) is 53.3 Å². The Balaban J connectivity index is 2.25. The lowest BCUT2D eigenvalue weighted by Crippen LogP contribution is -2.38. The Kier molecular flexibility index (Phi) is 11.5. The summed E-state index contributed by atoms with van der Waals surface area (Å²) in [5, 5.41) is 43.8. The number of hydrogen-bond donors (Lipinski definition) is 0. The van der Waals surface area contributed by atoms with Crippen LogP contribution in [-0.2, 0) is 19.6 Å². The van der Waals surface area contributed by atoms with E-state index in [0.717, 1.165) is 31.9 Å². The summed E-state index contributed by atoms with van der Waals surface area (Å²) >= 11 is 0. The molecule has 0 bridgehead atoms. The standard InChI is InChI=1S/C36H51N4O6/c1-34(2,3)38(41)31-16-13-28(44-10)19-25(31)22-37(23-26-20-29(45-11)14-17-32(26)39(42)35(4,5)6)24-27-21-30(46-12)15-18-33(27)40(43)36(7,8)9/h13-21H,22-24H2,1-12H3/q-3. The van der Waals surface area contributed by atoms with Crippen molar-refractivity contribution in [2.75, 3.05) is 36.5 Å². The molecule has 10 nitrogen and oxygen atoms in total. The summed E-state index contributed by atoms with van der Waals surface area (Å²) in [5.41, 5.74) is 1.66. The molecule has 254 valence electrons. The van der Waals surface area contributed by atoms with Crippen molar-refractivity contribution < 1.29 is 14.2 Å². The zero-order valence-corrected chi connectivity index (χ0v) is 29.6. The Bertz CT molecular complexity index is 1280. The summed E-state index contributed by atoms with van der Waals surface area (Å²) in [7, 11) is 4.76. The highest BCUT2D eigenvalue weighted by Gasteiger charge is 2.24. The highest BCUT2D eigenvalue weighted by atomic mass is 16.5. The molecule has 0 saturated heterocycles. The predicted molar refractivity (Wildman–Crippen MR) is 189 cm³/mol. The first kappa shape index (κ1) is 36.8. The van der Waals surface area contributed by atoms with Gasteiger partial charge < -0.3 is 45.0 Å². The summed E-state index contributed by atoms with van der Waals surface area (Å²) in [6.07, 6.45) is 0. The largest absolute Gasteiger partial charge is 0.758 e. The molecular weight excluding hydrogens is 584 g/mol. The zero-order valence-electron chi connectivity index (χ0n) is 29.6. The van der Waals surface area contributed by atoms with Crippen molar-refractivity contribution in [3.63, 3.8) is 0 Å². The average Bonchev–Trinajstić information content (AvgIpc) is 2.98. The van der Waals surface area contributed by atoms with Gasteiger partial charge in [0.2, 0.25) is 0 Å². The van der Waals surface area contributed by atoms with Crippen molar-refractivity contribution in [1.82, 2.24) is 4.90 Å². The van der Waals surface area contributed by atoms with Crippen LogP contribution in [0.3, 0.4) is 0 Å². The molecule has 0 aliphatic carbocycles. The summed E-state index contributed by atoms with van der Waals surface area (Å²) in [5.74, 6) is 1.84. The summed E-state index contributed by atoms with van der Waals surface area (Å²) < 4.78 is 16.7. The van der Waals surface area contributed by atoms with Crippen LogP contribution in [0.4, 0.5) is 17.1 Å². The van der Waals surface area contributed by atoms with E-state index in [9.17, 15) is 15.6 Å². The molecule has 0 atom stereocenters. The van der Waals surface area contributed by atoms with Crippen LogP contribution in [0.2, 0.25) is 0 Å². The lowest BCUT2D eigenvalue weighted by atomic mass is 10.0. The van der Waals surface area contributed by atoms with Crippen LogP contribution in [-0.4, -0.2) is 42.8 Å². The van der Waals surface area contributed by atoms with E-state index in [1.54, 1.807) is 57.7 Å². The van der Waals surface area contributed by atoms with E-state index in [0.29, 0.717) is 53.9 Å². The fraction of sp³-hybridized carbons (Fsp3) is 0.500. The zero-order chi connectivity index (χ0) is 34.6. The Morgan fingerprint density at radius 1 is 0.457 bits per heavy atom. The van der Waals surface area contributed by atoms with Crippen molar-refractivity contribution in [2.45, 2.75) is 98.6 Å². The number of hydroxylamine groups is 3. The average molecular weight is 636 g/mol. The first-order valence-corrected chi connectivity index (χ1v) is 15.4. The van der Waals surface area contributed by atoms with Gasteiger partial charge >= 0.3 is 0 Å². The fourth-order valence-electron chi connectivity index (χ4n) is 5.02. The highest BCUT2D eigenvalue weighted by Crippen LogP contribution is 2.36. The van der Waals surface area contributed by atoms with Gasteiger partial charge in [-0.25, -0.2) is 0 Å². The Morgan fingerprint density at radius 2 is 0.696 bits per heavy atom. The monoisotopic (exact) mass is 635 g/mol. The van der Waals surface area contributed by atoms with E-state index < -0.39 is 16.6 Å². The fourth-order valence-corrected chi connectivity index (χ4v) is 5.02. The maximum absolute atomic E-state index is 13.6. The van der Waals surface area contributed by atoms with Crippen LogP contribution < -0.4 is 29.4 Å². The molecule has 0 N–H and O–H groups in total. The van der Waals surface area contributed by atoms with Crippen LogP contribution >= 0.6 is 0 Å². The van der Waals surface area contributed by atoms with Gasteiger partial charge in [0.25, 0.3) is 0 Å². The van der Waals surface area contributed by atoms with Gasteiger partial charge in [0.15, 0.2) is 0 Å². The van der Waals surface area contributed by atoms with Crippen molar-refractivity contribution >= 4 is 17.1 Å². The third-order valence-corrected chi connectivity index (χ3v) is 7.53. The summed E-state index contributed by atoms with van der Waals surface area (Å²) in [4.78, 5) is 2.11. The predicted octanol–water partition coefficient (Wildman–Crippen LogP) is 8.22. The lowest BCUT2D eigenvalue weighted by molar-refractivity contribution is 0.246. The van der Waals surface area contributed by atoms with E-state index >= 15 is 0 Å². The molecule has 0 fully saturated rings. The molecule has 10 heteroatoms. The van der Waals surface area contributed by atoms with Gasteiger partial charge in [-0.05, 0) is 134 Å². The first-order chi connectivity index (χ1) is 21.3. The Hall–Kier alpha value is -3.70. The van der Waals surface area contributed by atoms with Gasteiger partial charge in [0.1, 0.15) is 17.2 Å². The van der Waals surface area contributed by atoms with E-state index in [1.165, 1.54) is 0 Å². The van der Waals surface area contributed by atoms with Gasteiger partial charge in [-0.15, -0.1) is 0 Å². The number of hydrogen-bond acceptors (Lipinski definition) is 10. The van der Waals surface area contributed by atoms with Gasteiger partial charge in [-0.3, -0.25) is 4.90 Å².